The minimum Gasteiger partial charge on any atom is -0.457 e. The molecule has 0 radical (unpaired) electrons. The number of phosphoric acid groups is 1. The summed E-state index contributed by atoms with van der Waals surface area (Å²) in [5.74, 6) is -0.384. The summed E-state index contributed by atoms with van der Waals surface area (Å²) in [6.45, 7) is 3.41. The van der Waals surface area contributed by atoms with E-state index in [0.717, 1.165) is 70.6 Å². The molecular formula is C49H91O9P. The summed E-state index contributed by atoms with van der Waals surface area (Å²) in [6.07, 6.45) is 52.1. The van der Waals surface area contributed by atoms with Crippen molar-refractivity contribution in [2.75, 3.05) is 33.0 Å². The Bertz CT molecular complexity index is 1060. The van der Waals surface area contributed by atoms with Crippen molar-refractivity contribution in [1.82, 2.24) is 0 Å². The Labute approximate surface area is 362 Å². The second kappa shape index (κ2) is 45.9. The molecule has 346 valence electrons. The molecule has 0 saturated heterocycles. The second-order valence-corrected chi connectivity index (χ2v) is 17.6. The van der Waals surface area contributed by atoms with Crippen LogP contribution in [-0.4, -0.2) is 66.3 Å². The van der Waals surface area contributed by atoms with Crippen LogP contribution in [0.25, 0.3) is 0 Å². The molecule has 0 amide bonds. The molecule has 0 spiro atoms. The van der Waals surface area contributed by atoms with Crippen LogP contribution in [0.5, 0.6) is 0 Å². The summed E-state index contributed by atoms with van der Waals surface area (Å²) in [5.41, 5.74) is 0. The van der Waals surface area contributed by atoms with Crippen LogP contribution in [-0.2, 0) is 27.9 Å². The zero-order valence-electron chi connectivity index (χ0n) is 38.0. The highest BCUT2D eigenvalue weighted by atomic mass is 31.2. The van der Waals surface area contributed by atoms with Gasteiger partial charge in [-0.25, -0.2) is 4.57 Å². The van der Waals surface area contributed by atoms with Crippen LogP contribution in [0, 0.1) is 0 Å². The molecule has 3 unspecified atom stereocenters. The molecule has 0 aliphatic heterocycles. The molecular weight excluding hydrogens is 764 g/mol. The number of hydrogen-bond acceptors (Lipinski definition) is 8. The van der Waals surface area contributed by atoms with Crippen LogP contribution in [0.3, 0.4) is 0 Å². The molecule has 59 heavy (non-hydrogen) atoms. The molecule has 0 aliphatic carbocycles. The Kier molecular flexibility index (Phi) is 44.7. The van der Waals surface area contributed by atoms with Gasteiger partial charge in [0.15, 0.2) is 0 Å². The summed E-state index contributed by atoms with van der Waals surface area (Å²) in [6, 6.07) is 0. The lowest BCUT2D eigenvalue weighted by Crippen LogP contribution is -2.29. The van der Waals surface area contributed by atoms with Gasteiger partial charge in [0.2, 0.25) is 0 Å². The van der Waals surface area contributed by atoms with Gasteiger partial charge in [-0.15, -0.1) is 0 Å². The number of phosphoric ester groups is 1. The van der Waals surface area contributed by atoms with Gasteiger partial charge in [0.05, 0.1) is 26.4 Å². The first-order valence-corrected chi connectivity index (χ1v) is 25.6. The largest absolute Gasteiger partial charge is 0.472 e. The van der Waals surface area contributed by atoms with Crippen LogP contribution in [0.4, 0.5) is 0 Å². The summed E-state index contributed by atoms with van der Waals surface area (Å²) >= 11 is 0. The number of aliphatic hydroxyl groups excluding tert-OH is 2. The lowest BCUT2D eigenvalue weighted by Gasteiger charge is -2.20. The Morgan fingerprint density at radius 1 is 0.542 bits per heavy atom. The molecule has 0 aromatic rings. The number of ether oxygens (including phenoxy) is 2. The van der Waals surface area contributed by atoms with Gasteiger partial charge < -0.3 is 24.6 Å². The standard InChI is InChI=1S/C49H91O9P/c1-3-5-7-9-11-13-15-17-19-21-23-24-26-28-30-32-34-36-38-40-42-55-45-48(46-57-59(53,54)56-44-47(51)43-50)58-49(52)41-39-37-35-33-31-29-27-25-22-20-18-16-14-12-10-8-6-4-2/h5,7,11,13,17,19,23-24,47-48,50-51H,3-4,6,8-10,12,14-16,18,20-22,25-46H2,1-2H3,(H,53,54)/b7-5-,13-11-,19-17-,24-23-. The zero-order valence-corrected chi connectivity index (χ0v) is 38.9. The molecule has 0 aliphatic rings. The van der Waals surface area contributed by atoms with E-state index in [1.165, 1.54) is 122 Å². The highest BCUT2D eigenvalue weighted by molar-refractivity contribution is 7.47. The fourth-order valence-corrected chi connectivity index (χ4v) is 7.43. The average Bonchev–Trinajstić information content (AvgIpc) is 3.23. The third-order valence-corrected chi connectivity index (χ3v) is 11.2. The van der Waals surface area contributed by atoms with Crippen LogP contribution in [0.1, 0.15) is 213 Å². The monoisotopic (exact) mass is 855 g/mol. The third kappa shape index (κ3) is 45.8. The van der Waals surface area contributed by atoms with Crippen molar-refractivity contribution in [3.63, 3.8) is 0 Å². The molecule has 9 nitrogen and oxygen atoms in total. The van der Waals surface area contributed by atoms with E-state index in [2.05, 4.69) is 62.5 Å². The number of rotatable bonds is 46. The molecule has 0 bridgehead atoms. The molecule has 0 rings (SSSR count). The zero-order chi connectivity index (χ0) is 43.2. The number of esters is 1. The number of hydrogen-bond donors (Lipinski definition) is 3. The van der Waals surface area contributed by atoms with Crippen molar-refractivity contribution in [2.24, 2.45) is 0 Å². The lowest BCUT2D eigenvalue weighted by molar-refractivity contribution is -0.154. The third-order valence-electron chi connectivity index (χ3n) is 10.3. The minimum absolute atomic E-state index is 0.0431. The van der Waals surface area contributed by atoms with E-state index in [1.54, 1.807) is 0 Å². The predicted octanol–water partition coefficient (Wildman–Crippen LogP) is 13.8. The van der Waals surface area contributed by atoms with Gasteiger partial charge in [-0.1, -0.05) is 204 Å². The van der Waals surface area contributed by atoms with E-state index in [0.29, 0.717) is 6.61 Å². The fourth-order valence-electron chi connectivity index (χ4n) is 6.64. The minimum atomic E-state index is -4.52. The Balaban J connectivity index is 4.12. The molecule has 3 N–H and O–H groups in total. The van der Waals surface area contributed by atoms with Crippen LogP contribution >= 0.6 is 7.82 Å². The van der Waals surface area contributed by atoms with Gasteiger partial charge in [-0.3, -0.25) is 13.8 Å². The molecule has 0 fully saturated rings. The SMILES string of the molecule is CC/C=C\C/C=C\C/C=C\C/C=C\CCCCCCCCCOCC(COP(=O)(O)OCC(O)CO)OC(=O)CCCCCCCCCCCCCCCCCCCC. The first-order chi connectivity index (χ1) is 28.8. The highest BCUT2D eigenvalue weighted by Crippen LogP contribution is 2.43. The van der Waals surface area contributed by atoms with Crippen molar-refractivity contribution < 1.29 is 43.0 Å². The number of aliphatic hydroxyl groups is 2. The molecule has 3 atom stereocenters. The maximum atomic E-state index is 12.7. The van der Waals surface area contributed by atoms with Gasteiger partial charge in [0.1, 0.15) is 12.2 Å². The van der Waals surface area contributed by atoms with Crippen LogP contribution < -0.4 is 0 Å². The smallest absolute Gasteiger partial charge is 0.457 e. The fraction of sp³-hybridized carbons (Fsp3) is 0.816. The van der Waals surface area contributed by atoms with E-state index < -0.39 is 33.2 Å². The molecule has 0 heterocycles. The van der Waals surface area contributed by atoms with Gasteiger partial charge in [-0.2, -0.15) is 0 Å². The summed E-state index contributed by atoms with van der Waals surface area (Å²) in [4.78, 5) is 22.7. The van der Waals surface area contributed by atoms with E-state index in [-0.39, 0.29) is 25.6 Å². The Morgan fingerprint density at radius 2 is 0.966 bits per heavy atom. The summed E-state index contributed by atoms with van der Waals surface area (Å²) in [5, 5.41) is 18.4. The lowest BCUT2D eigenvalue weighted by atomic mass is 10.0. The number of allylic oxidation sites excluding steroid dienone is 8. The average molecular weight is 855 g/mol. The van der Waals surface area contributed by atoms with Gasteiger partial charge in [0.25, 0.3) is 0 Å². The van der Waals surface area contributed by atoms with E-state index in [4.69, 9.17) is 23.6 Å². The molecule has 0 aromatic heterocycles. The van der Waals surface area contributed by atoms with Gasteiger partial charge in [-0.05, 0) is 51.4 Å². The van der Waals surface area contributed by atoms with E-state index in [9.17, 15) is 19.4 Å². The van der Waals surface area contributed by atoms with Crippen molar-refractivity contribution >= 4 is 13.8 Å². The van der Waals surface area contributed by atoms with E-state index in [1.807, 2.05) is 0 Å². The van der Waals surface area contributed by atoms with Crippen LogP contribution in [0.2, 0.25) is 0 Å². The summed E-state index contributed by atoms with van der Waals surface area (Å²) < 4.78 is 33.5. The quantitative estimate of drug-likeness (QED) is 0.0237. The first kappa shape index (κ1) is 57.4. The van der Waals surface area contributed by atoms with Crippen molar-refractivity contribution in [3.8, 4) is 0 Å². The van der Waals surface area contributed by atoms with Crippen LogP contribution in [0.15, 0.2) is 48.6 Å². The summed E-state index contributed by atoms with van der Waals surface area (Å²) in [7, 11) is -4.52. The highest BCUT2D eigenvalue weighted by Gasteiger charge is 2.26. The van der Waals surface area contributed by atoms with E-state index >= 15 is 0 Å². The maximum Gasteiger partial charge on any atom is 0.472 e. The van der Waals surface area contributed by atoms with Crippen molar-refractivity contribution in [2.45, 2.75) is 225 Å². The van der Waals surface area contributed by atoms with Gasteiger partial charge in [0, 0.05) is 13.0 Å². The van der Waals surface area contributed by atoms with Crippen molar-refractivity contribution in [3.05, 3.63) is 48.6 Å². The topological polar surface area (TPSA) is 132 Å². The molecule has 0 saturated carbocycles. The Morgan fingerprint density at radius 3 is 1.46 bits per heavy atom. The molecule has 0 aromatic carbocycles. The normalized spacial score (nSPS) is 14.3. The number of carbonyl (C=O) groups excluding carboxylic acids is 1. The van der Waals surface area contributed by atoms with Crippen molar-refractivity contribution in [1.29, 1.82) is 0 Å². The first-order valence-electron chi connectivity index (χ1n) is 24.1. The molecule has 10 heteroatoms. The predicted molar refractivity (Wildman–Crippen MR) is 247 cm³/mol. The Hall–Kier alpha value is -1.58. The number of carbonyl (C=O) groups is 1. The number of unbranched alkanes of at least 4 members (excludes halogenated alkanes) is 24. The maximum absolute atomic E-state index is 12.7. The second-order valence-electron chi connectivity index (χ2n) is 16.1. The van der Waals surface area contributed by atoms with Gasteiger partial charge >= 0.3 is 13.8 Å².